The first-order valence-corrected chi connectivity index (χ1v) is 22.4. The topological polar surface area (TPSA) is 16.4 Å². The van der Waals surface area contributed by atoms with Crippen molar-refractivity contribution in [3.8, 4) is 33.4 Å². The lowest BCUT2D eigenvalue weighted by Crippen LogP contribution is -2.28. The van der Waals surface area contributed by atoms with Crippen molar-refractivity contribution in [2.24, 2.45) is 0 Å². The molecule has 0 unspecified atom stereocenters. The molecule has 1 aliphatic rings. The van der Waals surface area contributed by atoms with Gasteiger partial charge in [-0.3, -0.25) is 0 Å². The van der Waals surface area contributed by atoms with Gasteiger partial charge in [0.05, 0.1) is 5.41 Å². The summed E-state index contributed by atoms with van der Waals surface area (Å²) in [6.45, 7) is 0. The highest BCUT2D eigenvalue weighted by Crippen LogP contribution is 2.57. The van der Waals surface area contributed by atoms with E-state index in [9.17, 15) is 0 Å². The SMILES string of the molecule is c1ccc(C2(c3ccccc3)c3ccccc3-c3ccc(N(c4ccc(-c5ccc6ccc(-c7ccc8ccccc8c7)cc6c5)cc4)c4ccc5oc6ccccc6c5c4)cc32)cc1. The van der Waals surface area contributed by atoms with E-state index in [1.807, 2.05) is 12.1 Å². The zero-order valence-electron chi connectivity index (χ0n) is 35.5. The molecule has 0 saturated heterocycles. The molecule has 0 N–H and O–H groups in total. The third-order valence-corrected chi connectivity index (χ3v) is 13.7. The highest BCUT2D eigenvalue weighted by atomic mass is 16.3. The standard InChI is InChI=1S/C63H41NO/c1-3-15-50(16-4-1)63(51-17-5-2-6-18-51)59-21-11-9-19-55(59)56-35-33-54(41-60(56)63)64(53-34-36-62-58(40-53)57-20-10-12-22-61(57)65-62)52-31-29-43(30-32-52)46-26-24-44-25-28-48(39-49(44)38-46)47-27-23-42-13-7-8-14-45(42)37-47/h1-41H. The molecule has 0 bridgehead atoms. The molecule has 1 heterocycles. The molecule has 0 fully saturated rings. The average molecular weight is 828 g/mol. The Kier molecular flexibility index (Phi) is 8.47. The molecule has 0 aliphatic heterocycles. The summed E-state index contributed by atoms with van der Waals surface area (Å²) in [6, 6.07) is 91.0. The van der Waals surface area contributed by atoms with Gasteiger partial charge in [-0.15, -0.1) is 0 Å². The molecule has 65 heavy (non-hydrogen) atoms. The first-order chi connectivity index (χ1) is 32.2. The van der Waals surface area contributed by atoms with Crippen molar-refractivity contribution in [3.05, 3.63) is 271 Å². The van der Waals surface area contributed by atoms with Gasteiger partial charge < -0.3 is 9.32 Å². The molecule has 12 aromatic rings. The van der Waals surface area contributed by atoms with E-state index in [0.717, 1.165) is 39.0 Å². The molecular weight excluding hydrogens is 787 g/mol. The molecule has 1 aromatic heterocycles. The van der Waals surface area contributed by atoms with E-state index in [1.165, 1.54) is 77.2 Å². The summed E-state index contributed by atoms with van der Waals surface area (Å²) >= 11 is 0. The van der Waals surface area contributed by atoms with Gasteiger partial charge in [0, 0.05) is 27.8 Å². The molecule has 1 aliphatic carbocycles. The lowest BCUT2D eigenvalue weighted by molar-refractivity contribution is 0.669. The van der Waals surface area contributed by atoms with Crippen LogP contribution in [0.2, 0.25) is 0 Å². The van der Waals surface area contributed by atoms with E-state index in [0.29, 0.717) is 0 Å². The number of fused-ring (bicyclic) bond motifs is 8. The van der Waals surface area contributed by atoms with Gasteiger partial charge in [0.25, 0.3) is 0 Å². The zero-order valence-corrected chi connectivity index (χ0v) is 35.5. The number of hydrogen-bond acceptors (Lipinski definition) is 2. The van der Waals surface area contributed by atoms with Crippen LogP contribution in [0.5, 0.6) is 0 Å². The van der Waals surface area contributed by atoms with Gasteiger partial charge >= 0.3 is 0 Å². The number of hydrogen-bond donors (Lipinski definition) is 0. The van der Waals surface area contributed by atoms with Gasteiger partial charge in [-0.05, 0) is 144 Å². The molecule has 2 nitrogen and oxygen atoms in total. The van der Waals surface area contributed by atoms with Gasteiger partial charge in [0.2, 0.25) is 0 Å². The second-order valence-electron chi connectivity index (χ2n) is 17.3. The van der Waals surface area contributed by atoms with Gasteiger partial charge in [0.15, 0.2) is 0 Å². The summed E-state index contributed by atoms with van der Waals surface area (Å²) in [4.78, 5) is 2.41. The number of para-hydroxylation sites is 1. The van der Waals surface area contributed by atoms with E-state index < -0.39 is 5.41 Å². The van der Waals surface area contributed by atoms with Crippen molar-refractivity contribution in [3.63, 3.8) is 0 Å². The summed E-state index contributed by atoms with van der Waals surface area (Å²) in [6.07, 6.45) is 0. The molecule has 0 saturated carbocycles. The van der Waals surface area contributed by atoms with Gasteiger partial charge in [0.1, 0.15) is 11.2 Å². The second kappa shape index (κ2) is 14.8. The monoisotopic (exact) mass is 827 g/mol. The van der Waals surface area contributed by atoms with Crippen molar-refractivity contribution in [1.29, 1.82) is 0 Å². The lowest BCUT2D eigenvalue weighted by atomic mass is 9.67. The minimum absolute atomic E-state index is 0.519. The van der Waals surface area contributed by atoms with Crippen LogP contribution >= 0.6 is 0 Å². The third kappa shape index (κ3) is 5.95. The Bertz CT molecular complexity index is 3730. The smallest absolute Gasteiger partial charge is 0.135 e. The zero-order chi connectivity index (χ0) is 42.9. The van der Waals surface area contributed by atoms with Crippen molar-refractivity contribution < 1.29 is 4.42 Å². The van der Waals surface area contributed by atoms with Crippen LogP contribution in [-0.2, 0) is 5.41 Å². The summed E-state index contributed by atoms with van der Waals surface area (Å²) in [5.74, 6) is 0. The highest BCUT2D eigenvalue weighted by Gasteiger charge is 2.46. The minimum atomic E-state index is -0.519. The van der Waals surface area contributed by atoms with Crippen LogP contribution < -0.4 is 4.90 Å². The molecule has 304 valence electrons. The fourth-order valence-electron chi connectivity index (χ4n) is 10.6. The fraction of sp³-hybridized carbons (Fsp3) is 0.0159. The molecule has 0 atom stereocenters. The highest BCUT2D eigenvalue weighted by molar-refractivity contribution is 6.07. The number of benzene rings is 11. The van der Waals surface area contributed by atoms with Crippen LogP contribution in [0.3, 0.4) is 0 Å². The van der Waals surface area contributed by atoms with Gasteiger partial charge in [-0.1, -0.05) is 182 Å². The predicted molar refractivity (Wildman–Crippen MR) is 272 cm³/mol. The van der Waals surface area contributed by atoms with E-state index in [4.69, 9.17) is 4.42 Å². The normalized spacial score (nSPS) is 12.7. The third-order valence-electron chi connectivity index (χ3n) is 13.7. The van der Waals surface area contributed by atoms with E-state index in [2.05, 4.69) is 241 Å². The Morgan fingerprint density at radius 2 is 0.800 bits per heavy atom. The maximum atomic E-state index is 6.35. The second-order valence-corrected chi connectivity index (χ2v) is 17.3. The van der Waals surface area contributed by atoms with Crippen LogP contribution in [0.15, 0.2) is 253 Å². The van der Waals surface area contributed by atoms with Crippen LogP contribution in [0.4, 0.5) is 17.1 Å². The van der Waals surface area contributed by atoms with Crippen LogP contribution in [0.1, 0.15) is 22.3 Å². The summed E-state index contributed by atoms with van der Waals surface area (Å²) < 4.78 is 6.35. The quantitative estimate of drug-likeness (QED) is 0.159. The number of rotatable bonds is 7. The van der Waals surface area contributed by atoms with E-state index in [-0.39, 0.29) is 0 Å². The fourth-order valence-corrected chi connectivity index (χ4v) is 10.6. The number of nitrogens with zero attached hydrogens (tertiary/aromatic N) is 1. The van der Waals surface area contributed by atoms with Crippen LogP contribution in [0.25, 0.3) is 76.9 Å². The largest absolute Gasteiger partial charge is 0.456 e. The Morgan fingerprint density at radius 3 is 1.54 bits per heavy atom. The van der Waals surface area contributed by atoms with E-state index >= 15 is 0 Å². The Balaban J connectivity index is 0.962. The van der Waals surface area contributed by atoms with Gasteiger partial charge in [-0.2, -0.15) is 0 Å². The Labute approximate surface area is 377 Å². The van der Waals surface area contributed by atoms with Crippen LogP contribution in [0, 0.1) is 0 Å². The molecule has 0 amide bonds. The number of anilines is 3. The number of furan rings is 1. The van der Waals surface area contributed by atoms with Crippen molar-refractivity contribution >= 4 is 60.5 Å². The first-order valence-electron chi connectivity index (χ1n) is 22.4. The molecule has 13 rings (SSSR count). The lowest BCUT2D eigenvalue weighted by Gasteiger charge is -2.35. The predicted octanol–water partition coefficient (Wildman–Crippen LogP) is 17.1. The van der Waals surface area contributed by atoms with Gasteiger partial charge in [-0.25, -0.2) is 0 Å². The maximum absolute atomic E-state index is 6.35. The molecule has 0 spiro atoms. The maximum Gasteiger partial charge on any atom is 0.135 e. The summed E-state index contributed by atoms with van der Waals surface area (Å²) in [5, 5.41) is 7.16. The van der Waals surface area contributed by atoms with E-state index in [1.54, 1.807) is 0 Å². The van der Waals surface area contributed by atoms with Crippen LogP contribution in [-0.4, -0.2) is 0 Å². The Hall–Kier alpha value is -8.46. The molecule has 0 radical (unpaired) electrons. The minimum Gasteiger partial charge on any atom is -0.456 e. The van der Waals surface area contributed by atoms with Crippen molar-refractivity contribution in [1.82, 2.24) is 0 Å². The Morgan fingerprint density at radius 1 is 0.292 bits per heavy atom. The molecule has 2 heteroatoms. The average Bonchev–Trinajstić information content (AvgIpc) is 3.90. The summed E-state index contributed by atoms with van der Waals surface area (Å²) in [5.41, 5.74) is 16.8. The summed E-state index contributed by atoms with van der Waals surface area (Å²) in [7, 11) is 0. The molecular formula is C63H41NO. The van der Waals surface area contributed by atoms with Crippen molar-refractivity contribution in [2.45, 2.75) is 5.41 Å². The molecule has 11 aromatic carbocycles. The van der Waals surface area contributed by atoms with Crippen molar-refractivity contribution in [2.75, 3.05) is 4.90 Å². The first kappa shape index (κ1) is 37.1.